The molecule has 0 unspecified atom stereocenters. The number of halogens is 1. The van der Waals surface area contributed by atoms with Gasteiger partial charge in [-0.3, -0.25) is 9.48 Å². The number of aryl methyl sites for hydroxylation is 1. The van der Waals surface area contributed by atoms with E-state index in [-0.39, 0.29) is 11.8 Å². The number of amides is 1. The summed E-state index contributed by atoms with van der Waals surface area (Å²) in [4.78, 5) is 12.4. The summed E-state index contributed by atoms with van der Waals surface area (Å²) in [5.74, 6) is 0.858. The van der Waals surface area contributed by atoms with Gasteiger partial charge in [0.15, 0.2) is 5.82 Å². The van der Waals surface area contributed by atoms with E-state index in [1.54, 1.807) is 0 Å². The molecular formula is C18H22BrN3O. The van der Waals surface area contributed by atoms with Gasteiger partial charge in [-0.1, -0.05) is 49.1 Å². The summed E-state index contributed by atoms with van der Waals surface area (Å²) >= 11 is 3.50. The molecule has 1 amide bonds. The molecule has 5 heteroatoms. The fourth-order valence-corrected chi connectivity index (χ4v) is 3.56. The van der Waals surface area contributed by atoms with Crippen molar-refractivity contribution in [1.82, 2.24) is 9.78 Å². The van der Waals surface area contributed by atoms with Crippen LogP contribution in [0.15, 0.2) is 34.9 Å². The van der Waals surface area contributed by atoms with E-state index in [9.17, 15) is 4.79 Å². The third kappa shape index (κ3) is 4.22. The summed E-state index contributed by atoms with van der Waals surface area (Å²) in [6.45, 7) is 2.78. The molecule has 4 nitrogen and oxygen atoms in total. The van der Waals surface area contributed by atoms with Crippen LogP contribution in [0.5, 0.6) is 0 Å². The first-order chi connectivity index (χ1) is 11.1. The number of nitrogens with zero attached hydrogens (tertiary/aromatic N) is 2. The van der Waals surface area contributed by atoms with Crippen LogP contribution >= 0.6 is 15.9 Å². The van der Waals surface area contributed by atoms with Crippen molar-refractivity contribution >= 4 is 27.7 Å². The molecule has 1 heterocycles. The molecule has 0 aliphatic heterocycles. The van der Waals surface area contributed by atoms with Crippen LogP contribution in [0.4, 0.5) is 5.82 Å². The predicted octanol–water partition coefficient (Wildman–Crippen LogP) is 4.52. The number of hydrogen-bond acceptors (Lipinski definition) is 2. The molecule has 1 aliphatic rings. The van der Waals surface area contributed by atoms with Crippen molar-refractivity contribution in [2.45, 2.75) is 45.6 Å². The molecular weight excluding hydrogens is 354 g/mol. The fraction of sp³-hybridized carbons (Fsp3) is 0.444. The predicted molar refractivity (Wildman–Crippen MR) is 95.4 cm³/mol. The van der Waals surface area contributed by atoms with E-state index in [0.29, 0.717) is 12.4 Å². The molecule has 1 saturated carbocycles. The number of hydrogen-bond donors (Lipinski definition) is 1. The Morgan fingerprint density at radius 3 is 2.87 bits per heavy atom. The molecule has 1 N–H and O–H groups in total. The molecule has 0 saturated heterocycles. The number of aromatic nitrogens is 2. The second-order valence-corrected chi connectivity index (χ2v) is 7.19. The van der Waals surface area contributed by atoms with Crippen molar-refractivity contribution in [3.05, 3.63) is 46.1 Å². The molecule has 0 spiro atoms. The van der Waals surface area contributed by atoms with Crippen LogP contribution in [0.25, 0.3) is 0 Å². The maximum Gasteiger partial charge on any atom is 0.228 e. The number of carbonyl (C=O) groups is 1. The lowest BCUT2D eigenvalue weighted by molar-refractivity contribution is -0.120. The van der Waals surface area contributed by atoms with Crippen LogP contribution in [0.3, 0.4) is 0 Å². The summed E-state index contributed by atoms with van der Waals surface area (Å²) in [5, 5.41) is 7.49. The summed E-state index contributed by atoms with van der Waals surface area (Å²) in [5.41, 5.74) is 2.43. The number of benzene rings is 1. The zero-order valence-corrected chi connectivity index (χ0v) is 15.0. The van der Waals surface area contributed by atoms with E-state index in [1.165, 1.54) is 17.5 Å². The number of rotatable bonds is 4. The topological polar surface area (TPSA) is 46.9 Å². The van der Waals surface area contributed by atoms with Crippen LogP contribution in [0, 0.1) is 12.8 Å². The monoisotopic (exact) mass is 375 g/mol. The number of anilines is 1. The molecule has 1 fully saturated rings. The normalized spacial score (nSPS) is 15.6. The van der Waals surface area contributed by atoms with Crippen molar-refractivity contribution in [1.29, 1.82) is 0 Å². The van der Waals surface area contributed by atoms with Crippen molar-refractivity contribution < 1.29 is 4.79 Å². The second-order valence-electron chi connectivity index (χ2n) is 6.34. The van der Waals surface area contributed by atoms with Crippen molar-refractivity contribution in [3.8, 4) is 0 Å². The Labute approximate surface area is 145 Å². The van der Waals surface area contributed by atoms with Gasteiger partial charge in [-0.15, -0.1) is 0 Å². The Morgan fingerprint density at radius 1 is 1.35 bits per heavy atom. The van der Waals surface area contributed by atoms with Crippen LogP contribution in [-0.2, 0) is 11.3 Å². The first kappa shape index (κ1) is 16.2. The van der Waals surface area contributed by atoms with Crippen LogP contribution in [-0.4, -0.2) is 15.7 Å². The lowest BCUT2D eigenvalue weighted by atomic mass is 9.89. The third-order valence-electron chi connectivity index (χ3n) is 4.36. The lowest BCUT2D eigenvalue weighted by Crippen LogP contribution is -2.25. The van der Waals surface area contributed by atoms with Gasteiger partial charge in [0.05, 0.1) is 11.0 Å². The summed E-state index contributed by atoms with van der Waals surface area (Å²) in [6.07, 6.45) is 7.46. The molecule has 122 valence electrons. The second kappa shape index (κ2) is 7.30. The van der Waals surface area contributed by atoms with Gasteiger partial charge in [-0.2, -0.15) is 5.10 Å². The van der Waals surface area contributed by atoms with Gasteiger partial charge < -0.3 is 5.32 Å². The smallest absolute Gasteiger partial charge is 0.228 e. The van der Waals surface area contributed by atoms with Crippen LogP contribution in [0.1, 0.15) is 43.2 Å². The molecule has 0 bridgehead atoms. The quantitative estimate of drug-likeness (QED) is 0.853. The Balaban J connectivity index is 1.67. The molecule has 2 aromatic rings. The standard InChI is InChI=1S/C18H22BrN3O/c1-13-6-5-7-14(10-13)11-22-12-16(19)17(21-22)20-18(23)15-8-3-2-4-9-15/h5-7,10,12,15H,2-4,8-9,11H2,1H3,(H,20,21,23). The SMILES string of the molecule is Cc1cccc(Cn2cc(Br)c(NC(=O)C3CCCCC3)n2)c1. The summed E-state index contributed by atoms with van der Waals surface area (Å²) in [6, 6.07) is 8.37. The lowest BCUT2D eigenvalue weighted by Gasteiger charge is -2.20. The molecule has 0 atom stereocenters. The molecule has 3 rings (SSSR count). The average Bonchev–Trinajstić information content (AvgIpc) is 2.87. The molecule has 23 heavy (non-hydrogen) atoms. The zero-order valence-electron chi connectivity index (χ0n) is 13.4. The average molecular weight is 376 g/mol. The van der Waals surface area contributed by atoms with E-state index in [4.69, 9.17) is 0 Å². The first-order valence-electron chi connectivity index (χ1n) is 8.21. The highest BCUT2D eigenvalue weighted by Crippen LogP contribution is 2.27. The van der Waals surface area contributed by atoms with Gasteiger partial charge in [0, 0.05) is 12.1 Å². The minimum atomic E-state index is 0.103. The Hall–Kier alpha value is -1.62. The Kier molecular flexibility index (Phi) is 5.16. The zero-order chi connectivity index (χ0) is 16.2. The highest BCUT2D eigenvalue weighted by molar-refractivity contribution is 9.10. The molecule has 1 aromatic carbocycles. The van der Waals surface area contributed by atoms with Gasteiger partial charge in [0.25, 0.3) is 0 Å². The van der Waals surface area contributed by atoms with Crippen LogP contribution < -0.4 is 5.32 Å². The minimum absolute atomic E-state index is 0.103. The first-order valence-corrected chi connectivity index (χ1v) is 9.00. The van der Waals surface area contributed by atoms with Gasteiger partial charge in [0.2, 0.25) is 5.91 Å². The highest BCUT2D eigenvalue weighted by Gasteiger charge is 2.22. The number of nitrogens with one attached hydrogen (secondary N) is 1. The van der Waals surface area contributed by atoms with Crippen LogP contribution in [0.2, 0.25) is 0 Å². The maximum atomic E-state index is 12.4. The summed E-state index contributed by atoms with van der Waals surface area (Å²) in [7, 11) is 0. The molecule has 0 radical (unpaired) electrons. The van der Waals surface area contributed by atoms with E-state index >= 15 is 0 Å². The van der Waals surface area contributed by atoms with Gasteiger partial charge in [0.1, 0.15) is 0 Å². The maximum absolute atomic E-state index is 12.4. The van der Waals surface area contributed by atoms with Gasteiger partial charge >= 0.3 is 0 Å². The van der Waals surface area contributed by atoms with E-state index in [2.05, 4.69) is 57.5 Å². The van der Waals surface area contributed by atoms with Crippen molar-refractivity contribution in [2.75, 3.05) is 5.32 Å². The molecule has 1 aliphatic carbocycles. The largest absolute Gasteiger partial charge is 0.308 e. The molecule has 1 aromatic heterocycles. The van der Waals surface area contributed by atoms with Gasteiger partial charge in [-0.25, -0.2) is 0 Å². The fourth-order valence-electron chi connectivity index (χ4n) is 3.14. The highest BCUT2D eigenvalue weighted by atomic mass is 79.9. The van der Waals surface area contributed by atoms with E-state index in [1.807, 2.05) is 10.9 Å². The third-order valence-corrected chi connectivity index (χ3v) is 4.94. The van der Waals surface area contributed by atoms with Gasteiger partial charge in [-0.05, 0) is 41.3 Å². The Morgan fingerprint density at radius 2 is 2.13 bits per heavy atom. The van der Waals surface area contributed by atoms with Crippen molar-refractivity contribution in [3.63, 3.8) is 0 Å². The summed E-state index contributed by atoms with van der Waals surface area (Å²) < 4.78 is 2.68. The van der Waals surface area contributed by atoms with E-state index < -0.39 is 0 Å². The Bertz CT molecular complexity index is 689. The minimum Gasteiger partial charge on any atom is -0.308 e. The number of carbonyl (C=O) groups excluding carboxylic acids is 1. The van der Waals surface area contributed by atoms with Crippen molar-refractivity contribution in [2.24, 2.45) is 5.92 Å². The van der Waals surface area contributed by atoms with E-state index in [0.717, 1.165) is 30.2 Å².